The van der Waals surface area contributed by atoms with Crippen molar-refractivity contribution in [1.82, 2.24) is 9.78 Å². The van der Waals surface area contributed by atoms with Crippen molar-refractivity contribution < 1.29 is 14.6 Å². The molecule has 0 saturated carbocycles. The van der Waals surface area contributed by atoms with Crippen LogP contribution in [0.1, 0.15) is 35.4 Å². The first-order valence-corrected chi connectivity index (χ1v) is 10.1. The molecular weight excluding hydrogens is 388 g/mol. The van der Waals surface area contributed by atoms with Crippen LogP contribution in [0.25, 0.3) is 5.69 Å². The second-order valence-corrected chi connectivity index (χ2v) is 8.03. The average Bonchev–Trinajstić information content (AvgIpc) is 3.07. The number of halogens is 1. The van der Waals surface area contributed by atoms with E-state index in [0.29, 0.717) is 11.6 Å². The predicted octanol–water partition coefficient (Wildman–Crippen LogP) is 4.99. The Morgan fingerprint density at radius 1 is 1.21 bits per heavy atom. The molecule has 0 spiro atoms. The highest BCUT2D eigenvalue weighted by atomic mass is 35.5. The maximum absolute atomic E-state index is 11.0. The largest absolute Gasteiger partial charge is 0.487 e. The zero-order valence-corrected chi connectivity index (χ0v) is 17.0. The molecule has 1 aliphatic carbocycles. The number of benzene rings is 2. The molecule has 29 heavy (non-hydrogen) atoms. The summed E-state index contributed by atoms with van der Waals surface area (Å²) >= 11 is 5.99. The van der Waals surface area contributed by atoms with Gasteiger partial charge in [0.2, 0.25) is 0 Å². The zero-order chi connectivity index (χ0) is 20.4. The van der Waals surface area contributed by atoms with E-state index in [1.54, 1.807) is 0 Å². The average molecular weight is 411 g/mol. The number of carboxylic acid groups (broad SMARTS) is 1. The molecule has 0 bridgehead atoms. The third-order valence-corrected chi connectivity index (χ3v) is 5.59. The molecule has 0 aliphatic heterocycles. The quantitative estimate of drug-likeness (QED) is 0.621. The minimum atomic E-state index is -0.717. The summed E-state index contributed by atoms with van der Waals surface area (Å²) in [6.45, 7) is 2.37. The van der Waals surface area contributed by atoms with Crippen molar-refractivity contribution in [1.29, 1.82) is 0 Å². The van der Waals surface area contributed by atoms with Crippen LogP contribution in [-0.2, 0) is 24.2 Å². The molecule has 1 aromatic heterocycles. The van der Waals surface area contributed by atoms with Gasteiger partial charge in [0, 0.05) is 11.4 Å². The Kier molecular flexibility index (Phi) is 5.58. The van der Waals surface area contributed by atoms with Crippen LogP contribution in [0.4, 0.5) is 0 Å². The normalized spacial score (nSPS) is 15.7. The van der Waals surface area contributed by atoms with Crippen LogP contribution in [-0.4, -0.2) is 20.9 Å². The van der Waals surface area contributed by atoms with E-state index in [2.05, 4.69) is 17.2 Å². The third-order valence-electron chi connectivity index (χ3n) is 5.33. The molecule has 5 nitrogen and oxygen atoms in total. The van der Waals surface area contributed by atoms with Gasteiger partial charge in [-0.1, -0.05) is 17.7 Å². The summed E-state index contributed by atoms with van der Waals surface area (Å²) in [5.41, 5.74) is 5.32. The first-order chi connectivity index (χ1) is 14.0. The Morgan fingerprint density at radius 3 is 2.76 bits per heavy atom. The number of carboxylic acids is 1. The number of aliphatic carboxylic acids is 1. The van der Waals surface area contributed by atoms with E-state index in [1.165, 1.54) is 11.1 Å². The molecule has 1 heterocycles. The van der Waals surface area contributed by atoms with Crippen molar-refractivity contribution in [2.75, 3.05) is 0 Å². The second-order valence-electron chi connectivity index (χ2n) is 7.59. The number of fused-ring (bicyclic) bond motifs is 1. The molecule has 1 atom stereocenters. The minimum absolute atomic E-state index is 0.225. The van der Waals surface area contributed by atoms with Crippen LogP contribution in [0.3, 0.4) is 0 Å². The monoisotopic (exact) mass is 410 g/mol. The molecule has 150 valence electrons. The molecule has 4 rings (SSSR count). The summed E-state index contributed by atoms with van der Waals surface area (Å²) in [6.07, 6.45) is 2.87. The lowest BCUT2D eigenvalue weighted by Crippen LogP contribution is -2.17. The van der Waals surface area contributed by atoms with Crippen LogP contribution in [0.2, 0.25) is 5.02 Å². The van der Waals surface area contributed by atoms with Crippen molar-refractivity contribution in [2.45, 2.75) is 39.2 Å². The van der Waals surface area contributed by atoms with E-state index >= 15 is 0 Å². The first kappa shape index (κ1) is 19.5. The molecule has 1 N–H and O–H groups in total. The number of rotatable bonds is 6. The highest BCUT2D eigenvalue weighted by molar-refractivity contribution is 6.30. The summed E-state index contributed by atoms with van der Waals surface area (Å²) in [4.78, 5) is 11.0. The summed E-state index contributed by atoms with van der Waals surface area (Å²) in [5.74, 6) is 0.330. The minimum Gasteiger partial charge on any atom is -0.487 e. The van der Waals surface area contributed by atoms with Crippen LogP contribution in [0.5, 0.6) is 5.75 Å². The molecule has 1 unspecified atom stereocenters. The van der Waals surface area contributed by atoms with Crippen LogP contribution in [0, 0.1) is 12.8 Å². The SMILES string of the molecule is Cc1cc(COc2ccc3c(c2)CCC(CC(=O)O)C3)n(-c2ccc(Cl)cc2)n1. The number of ether oxygens (including phenoxy) is 1. The summed E-state index contributed by atoms with van der Waals surface area (Å²) < 4.78 is 7.94. The topological polar surface area (TPSA) is 64.3 Å². The van der Waals surface area contributed by atoms with Crippen molar-refractivity contribution in [2.24, 2.45) is 5.92 Å². The molecule has 0 fully saturated rings. The predicted molar refractivity (Wildman–Crippen MR) is 112 cm³/mol. The van der Waals surface area contributed by atoms with Gasteiger partial charge in [-0.3, -0.25) is 4.79 Å². The molecular formula is C23H23ClN2O3. The molecule has 0 radical (unpaired) electrons. The molecule has 2 aromatic carbocycles. The molecule has 0 saturated heterocycles. The van der Waals surface area contributed by atoms with Gasteiger partial charge in [0.25, 0.3) is 0 Å². The van der Waals surface area contributed by atoms with Gasteiger partial charge in [0.05, 0.1) is 17.1 Å². The number of aromatic nitrogens is 2. The van der Waals surface area contributed by atoms with E-state index in [9.17, 15) is 4.79 Å². The number of hydrogen-bond acceptors (Lipinski definition) is 3. The van der Waals surface area contributed by atoms with Gasteiger partial charge in [-0.2, -0.15) is 5.10 Å². The van der Waals surface area contributed by atoms with Crippen LogP contribution in [0.15, 0.2) is 48.5 Å². The molecule has 6 heteroatoms. The summed E-state index contributed by atoms with van der Waals surface area (Å²) in [6, 6.07) is 15.7. The van der Waals surface area contributed by atoms with Gasteiger partial charge in [-0.25, -0.2) is 4.68 Å². The lowest BCUT2D eigenvalue weighted by Gasteiger charge is -2.24. The van der Waals surface area contributed by atoms with Gasteiger partial charge in [-0.15, -0.1) is 0 Å². The lowest BCUT2D eigenvalue weighted by atomic mass is 9.82. The lowest BCUT2D eigenvalue weighted by molar-refractivity contribution is -0.138. The smallest absolute Gasteiger partial charge is 0.303 e. The maximum Gasteiger partial charge on any atom is 0.303 e. The number of nitrogens with zero attached hydrogens (tertiary/aromatic N) is 2. The fraction of sp³-hybridized carbons (Fsp3) is 0.304. The van der Waals surface area contributed by atoms with Crippen molar-refractivity contribution in [3.05, 3.63) is 76.1 Å². The Hall–Kier alpha value is -2.79. The summed E-state index contributed by atoms with van der Waals surface area (Å²) in [5, 5.41) is 14.3. The van der Waals surface area contributed by atoms with E-state index in [4.69, 9.17) is 21.4 Å². The molecule has 1 aliphatic rings. The summed E-state index contributed by atoms with van der Waals surface area (Å²) in [7, 11) is 0. The zero-order valence-electron chi connectivity index (χ0n) is 16.3. The van der Waals surface area contributed by atoms with Crippen molar-refractivity contribution >= 4 is 17.6 Å². The Balaban J connectivity index is 1.47. The van der Waals surface area contributed by atoms with Gasteiger partial charge < -0.3 is 9.84 Å². The number of hydrogen-bond donors (Lipinski definition) is 1. The van der Waals surface area contributed by atoms with Crippen molar-refractivity contribution in [3.8, 4) is 11.4 Å². The van der Waals surface area contributed by atoms with E-state index in [-0.39, 0.29) is 12.3 Å². The Labute approximate surface area is 174 Å². The van der Waals surface area contributed by atoms with Gasteiger partial charge in [-0.05, 0) is 85.7 Å². The molecule has 3 aromatic rings. The van der Waals surface area contributed by atoms with Crippen molar-refractivity contribution in [3.63, 3.8) is 0 Å². The molecule has 0 amide bonds. The van der Waals surface area contributed by atoms with Crippen LogP contribution < -0.4 is 4.74 Å². The van der Waals surface area contributed by atoms with E-state index in [0.717, 1.165) is 42.1 Å². The maximum atomic E-state index is 11.0. The third kappa shape index (κ3) is 4.62. The number of aryl methyl sites for hydroxylation is 2. The number of carbonyl (C=O) groups is 1. The Morgan fingerprint density at radius 2 is 2.00 bits per heavy atom. The van der Waals surface area contributed by atoms with Gasteiger partial charge >= 0.3 is 5.97 Å². The van der Waals surface area contributed by atoms with E-state index < -0.39 is 5.97 Å². The van der Waals surface area contributed by atoms with Crippen LogP contribution >= 0.6 is 11.6 Å². The first-order valence-electron chi connectivity index (χ1n) is 9.76. The highest BCUT2D eigenvalue weighted by Crippen LogP contribution is 2.30. The van der Waals surface area contributed by atoms with E-state index in [1.807, 2.05) is 48.0 Å². The fourth-order valence-electron chi connectivity index (χ4n) is 3.94. The van der Waals surface area contributed by atoms with Gasteiger partial charge in [0.15, 0.2) is 0 Å². The fourth-order valence-corrected chi connectivity index (χ4v) is 4.06. The Bertz CT molecular complexity index is 1030. The highest BCUT2D eigenvalue weighted by Gasteiger charge is 2.21. The van der Waals surface area contributed by atoms with Gasteiger partial charge in [0.1, 0.15) is 12.4 Å². The standard InChI is InChI=1S/C23H23ClN2O3/c1-15-10-21(26(25-15)20-7-5-19(24)6-8-20)14-29-22-9-4-17-11-16(12-23(27)28)2-3-18(17)13-22/h4-10,13,16H,2-3,11-12,14H2,1H3,(H,27,28). The second kappa shape index (κ2) is 8.29.